The van der Waals surface area contributed by atoms with Gasteiger partial charge in [-0.2, -0.15) is 0 Å². The maximum Gasteiger partial charge on any atom is 0.119 e. The molecule has 90 valence electrons. The van der Waals surface area contributed by atoms with Crippen LogP contribution in [-0.2, 0) is 0 Å². The molecular weight excluding hydrogens is 198 g/mol. The number of ether oxygens (including phenoxy) is 1. The van der Waals surface area contributed by atoms with E-state index in [0.717, 1.165) is 12.2 Å². The zero-order valence-electron chi connectivity index (χ0n) is 11.0. The molecule has 0 spiro atoms. The first-order chi connectivity index (χ1) is 7.58. The Morgan fingerprint density at radius 1 is 1.31 bits per heavy atom. The third-order valence-corrected chi connectivity index (χ3v) is 2.91. The fourth-order valence-corrected chi connectivity index (χ4v) is 2.04. The van der Waals surface area contributed by atoms with E-state index in [9.17, 15) is 0 Å². The minimum atomic E-state index is 0.436. The Kier molecular flexibility index (Phi) is 4.81. The lowest BCUT2D eigenvalue weighted by Crippen LogP contribution is -2.19. The fourth-order valence-electron chi connectivity index (χ4n) is 2.04. The summed E-state index contributed by atoms with van der Waals surface area (Å²) >= 11 is 0. The number of rotatable bonds is 5. The van der Waals surface area contributed by atoms with Gasteiger partial charge in [0.05, 0.1) is 7.11 Å². The maximum absolute atomic E-state index is 5.22. The molecule has 0 aliphatic rings. The third kappa shape index (κ3) is 3.24. The lowest BCUT2D eigenvalue weighted by molar-refractivity contribution is 0.413. The van der Waals surface area contributed by atoms with Gasteiger partial charge in [-0.1, -0.05) is 19.9 Å². The van der Waals surface area contributed by atoms with Gasteiger partial charge in [0.2, 0.25) is 0 Å². The van der Waals surface area contributed by atoms with Crippen LogP contribution >= 0.6 is 0 Å². The molecule has 0 heterocycles. The molecular formula is C14H23NO. The molecule has 2 heteroatoms. The fraction of sp³-hybridized carbons (Fsp3) is 0.571. The van der Waals surface area contributed by atoms with Gasteiger partial charge in [0.25, 0.3) is 0 Å². The number of hydrogen-bond donors (Lipinski definition) is 1. The van der Waals surface area contributed by atoms with Gasteiger partial charge in [0, 0.05) is 6.04 Å². The van der Waals surface area contributed by atoms with Gasteiger partial charge >= 0.3 is 0 Å². The first-order valence-electron chi connectivity index (χ1n) is 5.90. The molecule has 1 atom stereocenters. The largest absolute Gasteiger partial charge is 0.497 e. The van der Waals surface area contributed by atoms with Crippen LogP contribution in [0, 0.1) is 12.8 Å². The van der Waals surface area contributed by atoms with Crippen molar-refractivity contribution in [1.82, 2.24) is 5.32 Å². The lowest BCUT2D eigenvalue weighted by atomic mass is 9.94. The van der Waals surface area contributed by atoms with Crippen molar-refractivity contribution >= 4 is 0 Å². The molecule has 0 radical (unpaired) electrons. The summed E-state index contributed by atoms with van der Waals surface area (Å²) in [5.74, 6) is 1.62. The van der Waals surface area contributed by atoms with E-state index >= 15 is 0 Å². The molecule has 0 saturated carbocycles. The average molecular weight is 221 g/mol. The molecule has 0 fully saturated rings. The summed E-state index contributed by atoms with van der Waals surface area (Å²) < 4.78 is 5.22. The predicted molar refractivity (Wildman–Crippen MR) is 69.0 cm³/mol. The molecule has 1 rings (SSSR count). The second kappa shape index (κ2) is 5.90. The molecule has 1 unspecified atom stereocenters. The van der Waals surface area contributed by atoms with Gasteiger partial charge in [-0.15, -0.1) is 0 Å². The third-order valence-electron chi connectivity index (χ3n) is 2.91. The Morgan fingerprint density at radius 2 is 2.00 bits per heavy atom. The van der Waals surface area contributed by atoms with E-state index in [0.29, 0.717) is 12.0 Å². The van der Waals surface area contributed by atoms with Gasteiger partial charge in [-0.3, -0.25) is 0 Å². The second-order valence-corrected chi connectivity index (χ2v) is 4.69. The summed E-state index contributed by atoms with van der Waals surface area (Å²) in [4.78, 5) is 0. The van der Waals surface area contributed by atoms with E-state index in [1.807, 2.05) is 13.1 Å². The van der Waals surface area contributed by atoms with Gasteiger partial charge < -0.3 is 10.1 Å². The van der Waals surface area contributed by atoms with E-state index in [1.165, 1.54) is 11.1 Å². The Balaban J connectivity index is 2.92. The number of aryl methyl sites for hydroxylation is 1. The van der Waals surface area contributed by atoms with E-state index in [-0.39, 0.29) is 0 Å². The smallest absolute Gasteiger partial charge is 0.119 e. The van der Waals surface area contributed by atoms with Crippen molar-refractivity contribution in [3.05, 3.63) is 29.3 Å². The second-order valence-electron chi connectivity index (χ2n) is 4.69. The zero-order chi connectivity index (χ0) is 12.1. The van der Waals surface area contributed by atoms with Gasteiger partial charge in [-0.25, -0.2) is 0 Å². The lowest BCUT2D eigenvalue weighted by Gasteiger charge is -2.21. The van der Waals surface area contributed by atoms with E-state index in [2.05, 4.69) is 38.2 Å². The SMILES string of the molecule is CNC(CC(C)C)c1ccc(OC)cc1C. The number of hydrogen-bond acceptors (Lipinski definition) is 2. The molecule has 0 aliphatic heterocycles. The molecule has 1 aromatic carbocycles. The van der Waals surface area contributed by atoms with E-state index < -0.39 is 0 Å². The summed E-state index contributed by atoms with van der Waals surface area (Å²) in [5, 5.41) is 3.39. The van der Waals surface area contributed by atoms with Crippen molar-refractivity contribution in [2.45, 2.75) is 33.2 Å². The molecule has 1 N–H and O–H groups in total. The number of methoxy groups -OCH3 is 1. The topological polar surface area (TPSA) is 21.3 Å². The van der Waals surface area contributed by atoms with Crippen molar-refractivity contribution in [3.63, 3.8) is 0 Å². The highest BCUT2D eigenvalue weighted by Crippen LogP contribution is 2.26. The number of nitrogens with one attached hydrogen (secondary N) is 1. The molecule has 0 saturated heterocycles. The first kappa shape index (κ1) is 13.0. The normalized spacial score (nSPS) is 12.9. The van der Waals surface area contributed by atoms with Crippen molar-refractivity contribution in [2.24, 2.45) is 5.92 Å². The van der Waals surface area contributed by atoms with Crippen LogP contribution in [-0.4, -0.2) is 14.2 Å². The van der Waals surface area contributed by atoms with Crippen LogP contribution < -0.4 is 10.1 Å². The standard InChI is InChI=1S/C14H23NO/c1-10(2)8-14(15-4)13-7-6-12(16-5)9-11(13)3/h6-7,9-10,14-15H,8H2,1-5H3. The first-order valence-corrected chi connectivity index (χ1v) is 5.90. The van der Waals surface area contributed by atoms with Crippen LogP contribution in [0.4, 0.5) is 0 Å². The van der Waals surface area contributed by atoms with Gasteiger partial charge in [0.1, 0.15) is 5.75 Å². The van der Waals surface area contributed by atoms with Crippen LogP contribution in [0.2, 0.25) is 0 Å². The summed E-state index contributed by atoms with van der Waals surface area (Å²) in [6.07, 6.45) is 1.16. The molecule has 16 heavy (non-hydrogen) atoms. The van der Waals surface area contributed by atoms with Crippen LogP contribution in [0.1, 0.15) is 37.4 Å². The molecule has 1 aromatic rings. The highest BCUT2D eigenvalue weighted by atomic mass is 16.5. The quantitative estimate of drug-likeness (QED) is 0.823. The van der Waals surface area contributed by atoms with Gasteiger partial charge in [-0.05, 0) is 49.6 Å². The number of benzene rings is 1. The summed E-state index contributed by atoms with van der Waals surface area (Å²) in [6.45, 7) is 6.65. The highest BCUT2D eigenvalue weighted by Gasteiger charge is 2.13. The van der Waals surface area contributed by atoms with Crippen molar-refractivity contribution < 1.29 is 4.74 Å². The monoisotopic (exact) mass is 221 g/mol. The summed E-state index contributed by atoms with van der Waals surface area (Å²) in [7, 11) is 3.73. The Labute approximate surface area is 99.0 Å². The summed E-state index contributed by atoms with van der Waals surface area (Å²) in [5.41, 5.74) is 2.66. The summed E-state index contributed by atoms with van der Waals surface area (Å²) in [6, 6.07) is 6.73. The average Bonchev–Trinajstić information content (AvgIpc) is 2.25. The van der Waals surface area contributed by atoms with Crippen LogP contribution in [0.3, 0.4) is 0 Å². The van der Waals surface area contributed by atoms with Crippen LogP contribution in [0.5, 0.6) is 5.75 Å². The van der Waals surface area contributed by atoms with Crippen molar-refractivity contribution in [2.75, 3.05) is 14.2 Å². The van der Waals surface area contributed by atoms with Crippen molar-refractivity contribution in [1.29, 1.82) is 0 Å². The van der Waals surface area contributed by atoms with E-state index in [4.69, 9.17) is 4.74 Å². The van der Waals surface area contributed by atoms with Gasteiger partial charge in [0.15, 0.2) is 0 Å². The Hall–Kier alpha value is -1.02. The van der Waals surface area contributed by atoms with Crippen LogP contribution in [0.15, 0.2) is 18.2 Å². The van der Waals surface area contributed by atoms with Crippen LogP contribution in [0.25, 0.3) is 0 Å². The molecule has 0 amide bonds. The molecule has 0 aromatic heterocycles. The predicted octanol–water partition coefficient (Wildman–Crippen LogP) is 3.31. The minimum Gasteiger partial charge on any atom is -0.497 e. The zero-order valence-corrected chi connectivity index (χ0v) is 11.0. The molecule has 0 bridgehead atoms. The van der Waals surface area contributed by atoms with Crippen molar-refractivity contribution in [3.8, 4) is 5.75 Å². The maximum atomic E-state index is 5.22. The highest BCUT2D eigenvalue weighted by molar-refractivity contribution is 5.36. The Morgan fingerprint density at radius 3 is 2.44 bits per heavy atom. The molecule has 0 aliphatic carbocycles. The Bertz CT molecular complexity index is 334. The molecule has 2 nitrogen and oxygen atoms in total. The van der Waals surface area contributed by atoms with E-state index in [1.54, 1.807) is 7.11 Å². The minimum absolute atomic E-state index is 0.436.